The molecule has 0 spiro atoms. The number of ketones is 1. The van der Waals surface area contributed by atoms with Gasteiger partial charge in [-0.25, -0.2) is 0 Å². The van der Waals surface area contributed by atoms with Crippen molar-refractivity contribution >= 4 is 17.4 Å². The molecule has 2 saturated carbocycles. The lowest BCUT2D eigenvalue weighted by Crippen LogP contribution is -2.43. The lowest BCUT2D eigenvalue weighted by molar-refractivity contribution is -0.137. The Hall–Kier alpha value is -1.85. The smallest absolute Gasteiger partial charge is 0.325 e. The molecule has 2 bridgehead atoms. The van der Waals surface area contributed by atoms with Crippen molar-refractivity contribution in [2.45, 2.75) is 46.2 Å². The van der Waals surface area contributed by atoms with E-state index in [1.165, 1.54) is 18.2 Å². The standard InChI is InChI=1S/C18H20F3NO2/c1-15(2)16(3)8-9-17(15,10-13(16)23)14(24)22-12-7-5-4-6-11(12)18(19,20)21/h4-7H,8-10H2,1-3H3,(H,22,24)/t16-,17+/m0/s1. The number of amides is 1. The number of fused-ring (bicyclic) bond motifs is 2. The van der Waals surface area contributed by atoms with Crippen LogP contribution in [-0.2, 0) is 15.8 Å². The Kier molecular flexibility index (Phi) is 3.42. The molecule has 0 radical (unpaired) electrons. The first-order valence-corrected chi connectivity index (χ1v) is 7.97. The lowest BCUT2D eigenvalue weighted by Gasteiger charge is -2.38. The molecule has 0 saturated heterocycles. The Balaban J connectivity index is 1.97. The van der Waals surface area contributed by atoms with E-state index in [0.717, 1.165) is 6.07 Å². The molecule has 1 aromatic rings. The van der Waals surface area contributed by atoms with Crippen LogP contribution in [0, 0.1) is 16.2 Å². The van der Waals surface area contributed by atoms with Crippen molar-refractivity contribution in [1.82, 2.24) is 0 Å². The summed E-state index contributed by atoms with van der Waals surface area (Å²) in [5, 5.41) is 2.46. The third kappa shape index (κ3) is 1.98. The highest BCUT2D eigenvalue weighted by Gasteiger charge is 2.72. The van der Waals surface area contributed by atoms with E-state index in [-0.39, 0.29) is 17.9 Å². The summed E-state index contributed by atoms with van der Waals surface area (Å²) in [7, 11) is 0. The van der Waals surface area contributed by atoms with Crippen LogP contribution >= 0.6 is 0 Å². The summed E-state index contributed by atoms with van der Waals surface area (Å²) < 4.78 is 39.4. The van der Waals surface area contributed by atoms with Crippen molar-refractivity contribution in [2.75, 3.05) is 5.32 Å². The highest BCUT2D eigenvalue weighted by atomic mass is 19.4. The molecule has 2 aliphatic rings. The molecule has 6 heteroatoms. The molecular weight excluding hydrogens is 319 g/mol. The monoisotopic (exact) mass is 339 g/mol. The van der Waals surface area contributed by atoms with Crippen LogP contribution < -0.4 is 5.32 Å². The van der Waals surface area contributed by atoms with Crippen molar-refractivity contribution in [2.24, 2.45) is 16.2 Å². The largest absolute Gasteiger partial charge is 0.418 e. The fraction of sp³-hybridized carbons (Fsp3) is 0.556. The molecule has 2 fully saturated rings. The van der Waals surface area contributed by atoms with Gasteiger partial charge in [0.2, 0.25) is 5.91 Å². The molecule has 2 aliphatic carbocycles. The average molecular weight is 339 g/mol. The van der Waals surface area contributed by atoms with E-state index in [2.05, 4.69) is 5.32 Å². The summed E-state index contributed by atoms with van der Waals surface area (Å²) in [5.41, 5.74) is -3.26. The van der Waals surface area contributed by atoms with E-state index in [1.54, 1.807) is 0 Å². The minimum Gasteiger partial charge on any atom is -0.325 e. The van der Waals surface area contributed by atoms with Gasteiger partial charge in [0, 0.05) is 11.8 Å². The number of rotatable bonds is 2. The summed E-state index contributed by atoms with van der Waals surface area (Å²) >= 11 is 0. The van der Waals surface area contributed by atoms with Crippen LogP contribution in [0.3, 0.4) is 0 Å². The number of carbonyl (C=O) groups is 2. The maximum atomic E-state index is 13.1. The Labute approximate surface area is 138 Å². The van der Waals surface area contributed by atoms with Gasteiger partial charge in [0.25, 0.3) is 0 Å². The fourth-order valence-electron chi connectivity index (χ4n) is 4.44. The molecule has 1 N–H and O–H groups in total. The molecule has 0 heterocycles. The zero-order valence-corrected chi connectivity index (χ0v) is 13.9. The van der Waals surface area contributed by atoms with Crippen LogP contribution in [0.4, 0.5) is 18.9 Å². The maximum Gasteiger partial charge on any atom is 0.418 e. The summed E-state index contributed by atoms with van der Waals surface area (Å²) in [6.45, 7) is 5.61. The number of nitrogens with one attached hydrogen (secondary N) is 1. The predicted molar refractivity (Wildman–Crippen MR) is 83.3 cm³/mol. The molecule has 130 valence electrons. The quantitative estimate of drug-likeness (QED) is 0.866. The van der Waals surface area contributed by atoms with E-state index < -0.39 is 33.9 Å². The molecule has 1 amide bonds. The van der Waals surface area contributed by atoms with Gasteiger partial charge in [-0.1, -0.05) is 32.9 Å². The topological polar surface area (TPSA) is 46.2 Å². The average Bonchev–Trinajstić information content (AvgIpc) is 2.77. The van der Waals surface area contributed by atoms with Crippen molar-refractivity contribution in [3.63, 3.8) is 0 Å². The van der Waals surface area contributed by atoms with Crippen LogP contribution in [0.15, 0.2) is 24.3 Å². The number of hydrogen-bond donors (Lipinski definition) is 1. The first-order valence-electron chi connectivity index (χ1n) is 7.97. The second-order valence-electron chi connectivity index (χ2n) is 7.64. The third-order valence-electron chi connectivity index (χ3n) is 6.62. The predicted octanol–water partition coefficient (Wildman–Crippen LogP) is 4.43. The van der Waals surface area contributed by atoms with Gasteiger partial charge in [-0.05, 0) is 30.4 Å². The Morgan fingerprint density at radius 3 is 2.25 bits per heavy atom. The summed E-state index contributed by atoms with van der Waals surface area (Å²) in [5.74, 6) is -0.461. The van der Waals surface area contributed by atoms with Crippen molar-refractivity contribution in [3.8, 4) is 0 Å². The van der Waals surface area contributed by atoms with E-state index in [9.17, 15) is 22.8 Å². The van der Waals surface area contributed by atoms with Crippen LogP contribution in [0.25, 0.3) is 0 Å². The number of carbonyl (C=O) groups excluding carboxylic acids is 2. The number of halogens is 3. The molecule has 3 rings (SSSR count). The highest BCUT2D eigenvalue weighted by Crippen LogP contribution is 2.70. The highest BCUT2D eigenvalue weighted by molar-refractivity contribution is 6.04. The first kappa shape index (κ1) is 17.0. The van der Waals surface area contributed by atoms with Crippen LogP contribution in [-0.4, -0.2) is 11.7 Å². The molecular formula is C18H20F3NO2. The molecule has 0 unspecified atom stereocenters. The minimum atomic E-state index is -4.55. The number of anilines is 1. The van der Waals surface area contributed by atoms with Gasteiger partial charge >= 0.3 is 6.18 Å². The normalized spacial score (nSPS) is 31.3. The molecule has 0 aliphatic heterocycles. The summed E-state index contributed by atoms with van der Waals surface area (Å²) in [6, 6.07) is 4.92. The minimum absolute atomic E-state index is 0.0259. The van der Waals surface area contributed by atoms with Crippen molar-refractivity contribution in [3.05, 3.63) is 29.8 Å². The van der Waals surface area contributed by atoms with Gasteiger partial charge in [0.1, 0.15) is 5.78 Å². The molecule has 1 aromatic carbocycles. The van der Waals surface area contributed by atoms with Gasteiger partial charge in [-0.3, -0.25) is 9.59 Å². The Morgan fingerprint density at radius 1 is 1.12 bits per heavy atom. The van der Waals surface area contributed by atoms with Crippen molar-refractivity contribution in [1.29, 1.82) is 0 Å². The van der Waals surface area contributed by atoms with Crippen LogP contribution in [0.1, 0.15) is 45.6 Å². The van der Waals surface area contributed by atoms with Gasteiger partial charge < -0.3 is 5.32 Å². The maximum absolute atomic E-state index is 13.1. The van der Waals surface area contributed by atoms with Gasteiger partial charge in [0.05, 0.1) is 16.7 Å². The Morgan fingerprint density at radius 2 is 1.75 bits per heavy atom. The number of benzene rings is 1. The molecule has 3 nitrogen and oxygen atoms in total. The number of hydrogen-bond acceptors (Lipinski definition) is 2. The van der Waals surface area contributed by atoms with Crippen LogP contribution in [0.2, 0.25) is 0 Å². The number of para-hydroxylation sites is 1. The fourth-order valence-corrected chi connectivity index (χ4v) is 4.44. The summed E-state index contributed by atoms with van der Waals surface area (Å²) in [4.78, 5) is 25.3. The van der Waals surface area contributed by atoms with Crippen LogP contribution in [0.5, 0.6) is 0 Å². The second-order valence-corrected chi connectivity index (χ2v) is 7.64. The SMILES string of the molecule is CC1(C)[C@]2(C(=O)Nc3ccccc3C(F)(F)F)CC[C@@]1(C)C(=O)C2. The number of Topliss-reactive ketones (excluding diaryl/α,β-unsaturated/α-hetero) is 1. The van der Waals surface area contributed by atoms with Gasteiger partial charge in [-0.15, -0.1) is 0 Å². The van der Waals surface area contributed by atoms with Crippen molar-refractivity contribution < 1.29 is 22.8 Å². The lowest BCUT2D eigenvalue weighted by atomic mass is 9.64. The molecule has 0 aromatic heterocycles. The molecule has 2 atom stereocenters. The van der Waals surface area contributed by atoms with Gasteiger partial charge in [-0.2, -0.15) is 13.2 Å². The zero-order valence-electron chi connectivity index (χ0n) is 13.9. The Bertz CT molecular complexity index is 725. The van der Waals surface area contributed by atoms with E-state index in [4.69, 9.17) is 0 Å². The first-order chi connectivity index (χ1) is 11.0. The zero-order chi connectivity index (χ0) is 18.0. The number of alkyl halides is 3. The second kappa shape index (κ2) is 4.83. The van der Waals surface area contributed by atoms with E-state index in [0.29, 0.717) is 12.8 Å². The van der Waals surface area contributed by atoms with E-state index >= 15 is 0 Å². The third-order valence-corrected chi connectivity index (χ3v) is 6.62. The summed E-state index contributed by atoms with van der Waals surface area (Å²) in [6.07, 6.45) is -3.35. The van der Waals surface area contributed by atoms with Gasteiger partial charge in [0.15, 0.2) is 0 Å². The van der Waals surface area contributed by atoms with E-state index in [1.807, 2.05) is 20.8 Å². The molecule has 24 heavy (non-hydrogen) atoms.